The highest BCUT2D eigenvalue weighted by molar-refractivity contribution is 6.01. The molecule has 4 unspecified atom stereocenters. The van der Waals surface area contributed by atoms with Crippen LogP contribution in [0.2, 0.25) is 0 Å². The summed E-state index contributed by atoms with van der Waals surface area (Å²) in [4.78, 5) is 44.8. The Hall–Kier alpha value is -2.95. The van der Waals surface area contributed by atoms with E-state index in [1.54, 1.807) is 41.5 Å². The number of aliphatic hydroxyl groups is 6. The largest absolute Gasteiger partial charge is 0.506 e. The van der Waals surface area contributed by atoms with Crippen LogP contribution in [0.3, 0.4) is 0 Å². The maximum absolute atomic E-state index is 18.1. The summed E-state index contributed by atoms with van der Waals surface area (Å²) < 4.78 is 65.9. The third-order valence-corrected chi connectivity index (χ3v) is 19.1. The van der Waals surface area contributed by atoms with Crippen LogP contribution in [0.25, 0.3) is 0 Å². The zero-order chi connectivity index (χ0) is 53.2. The highest BCUT2D eigenvalue weighted by atomic mass is 19.1. The Kier molecular flexibility index (Phi) is 14.6. The molecule has 0 aromatic heterocycles. The van der Waals surface area contributed by atoms with E-state index in [2.05, 4.69) is 5.32 Å². The molecule has 8 aliphatic rings. The third-order valence-electron chi connectivity index (χ3n) is 19.1. The molecule has 19 heteroatoms. The number of likely N-dealkylation sites (N-methyl/N-ethyl adjacent to an activating group) is 1. The molecular weight excluding hydrogens is 941 g/mol. The number of halogens is 2. The minimum atomic E-state index is -2.37. The number of allylic oxidation sites excluding steroid dienone is 5. The molecule has 2 saturated heterocycles. The molecule has 8 rings (SSSR count). The minimum Gasteiger partial charge on any atom is -0.506 e. The van der Waals surface area contributed by atoms with E-state index < -0.39 is 141 Å². The molecular formula is C53H81F2N3O14. The normalized spacial score (nSPS) is 50.4. The lowest BCUT2D eigenvalue weighted by Gasteiger charge is -2.63. The van der Waals surface area contributed by atoms with Crippen LogP contribution >= 0.6 is 0 Å². The van der Waals surface area contributed by atoms with Crippen molar-refractivity contribution in [2.45, 2.75) is 204 Å². The fourth-order valence-electron chi connectivity index (χ4n) is 14.7. The molecule has 0 aromatic rings. The summed E-state index contributed by atoms with van der Waals surface area (Å²) in [5.74, 6) is -7.70. The molecule has 72 heavy (non-hydrogen) atoms. The van der Waals surface area contributed by atoms with Crippen LogP contribution in [-0.4, -0.2) is 182 Å². The van der Waals surface area contributed by atoms with Crippen LogP contribution in [0.5, 0.6) is 0 Å². The highest BCUT2D eigenvalue weighted by Gasteiger charge is 2.81. The monoisotopic (exact) mass is 1020 g/mol. The molecule has 4 saturated carbocycles. The second-order valence-corrected chi connectivity index (χ2v) is 24.2. The maximum atomic E-state index is 18.1. The Labute approximate surface area is 422 Å². The molecule has 21 atom stereocenters. The lowest BCUT2D eigenvalue weighted by Crippen LogP contribution is -2.71. The van der Waals surface area contributed by atoms with E-state index in [0.29, 0.717) is 6.42 Å². The van der Waals surface area contributed by atoms with Crippen LogP contribution in [0.15, 0.2) is 35.3 Å². The smallest absolute Gasteiger partial charge is 0.316 e. The van der Waals surface area contributed by atoms with Crippen molar-refractivity contribution in [3.8, 4) is 0 Å². The van der Waals surface area contributed by atoms with Gasteiger partial charge in [0.25, 0.3) is 5.91 Å². The van der Waals surface area contributed by atoms with Crippen LogP contribution in [0, 0.1) is 39.9 Å². The lowest BCUT2D eigenvalue weighted by atomic mass is 9.44. The summed E-state index contributed by atoms with van der Waals surface area (Å²) in [5.41, 5.74) is -9.61. The fraction of sp³-hybridized carbons (Fsp3) is 0.830. The summed E-state index contributed by atoms with van der Waals surface area (Å²) in [6.45, 7) is 17.2. The first-order chi connectivity index (χ1) is 33.4. The number of rotatable bonds is 9. The van der Waals surface area contributed by atoms with Crippen LogP contribution in [0.1, 0.15) is 114 Å². The number of amides is 1. The lowest BCUT2D eigenvalue weighted by molar-refractivity contribution is -0.292. The van der Waals surface area contributed by atoms with Crippen LogP contribution in [0.4, 0.5) is 8.78 Å². The number of esters is 1. The standard InChI is InChI=1S/C53H81F2N3O14/c1-13-36-42(64)40(62)29(5)58(25-48(8)24-51(48,67)43(27(3)39(61)28(4)44(65)69-36)70-45-41(63)35(57(11)12)19-26(2)68-45)18-14-17-56-46(66)53-38(71-47(6,7)72-53)22-31-32-21-34(54)33-20-30(59)15-16-49(33,9)52(32,55)37(60)23-50(31,53)10/h15-16,20,26-29,31-32,34-35,37-41,43,45,60-64,67H,13-14,17-19,21-25H2,1-12H3,(H,56,66)/b42-36+/t26-,27+,28-,29-,31?,32?,34+,35-,37+,38-,39?,40-,41-,43?,45+,48+,49+,50+,51-,52+,53+/m1/s1. The zero-order valence-electron chi connectivity index (χ0n) is 44.1. The Balaban J connectivity index is 1.06. The Morgan fingerprint density at radius 3 is 2.33 bits per heavy atom. The molecule has 406 valence electrons. The molecule has 1 amide bonds. The molecule has 6 fully saturated rings. The number of hydrogen-bond acceptors (Lipinski definition) is 16. The fourth-order valence-corrected chi connectivity index (χ4v) is 14.7. The molecule has 0 radical (unpaired) electrons. The van der Waals surface area contributed by atoms with Gasteiger partial charge in [0, 0.05) is 66.2 Å². The average Bonchev–Trinajstić information content (AvgIpc) is 3.61. The average molecular weight is 1020 g/mol. The topological polar surface area (TPSA) is 237 Å². The maximum Gasteiger partial charge on any atom is 0.316 e. The van der Waals surface area contributed by atoms with Gasteiger partial charge in [-0.15, -0.1) is 0 Å². The number of carbonyl (C=O) groups is 3. The Bertz CT molecular complexity index is 2230. The number of ether oxygens (including phenoxy) is 5. The van der Waals surface area contributed by atoms with Crippen molar-refractivity contribution in [2.24, 2.45) is 39.9 Å². The van der Waals surface area contributed by atoms with Crippen molar-refractivity contribution in [1.29, 1.82) is 0 Å². The molecule has 0 spiro atoms. The Morgan fingerprint density at radius 1 is 1.00 bits per heavy atom. The van der Waals surface area contributed by atoms with Crippen LogP contribution in [-0.2, 0) is 38.1 Å². The van der Waals surface area contributed by atoms with Crippen molar-refractivity contribution < 1.29 is 77.5 Å². The molecule has 3 aliphatic heterocycles. The van der Waals surface area contributed by atoms with E-state index >= 15 is 13.6 Å². The van der Waals surface area contributed by atoms with Gasteiger partial charge in [-0.05, 0) is 118 Å². The quantitative estimate of drug-likeness (QED) is 0.129. The third kappa shape index (κ3) is 8.45. The molecule has 17 nitrogen and oxygen atoms in total. The van der Waals surface area contributed by atoms with E-state index in [4.69, 9.17) is 23.7 Å². The van der Waals surface area contributed by atoms with Gasteiger partial charge in [0.05, 0.1) is 42.0 Å². The SMILES string of the molecule is CC/C1=C(\O)[C@H](O)[C@@H](C)N(CCCNC(=O)[C@@]23OC(C)(C)O[C@@H]2CC2C4C[C@H](F)C5=CC(=O)C=C[C@]5(C)[C@@]4(F)[C@@H](O)C[C@@]23C)C[C@]2(C)C[C@@]2(O)C(O[C@@H]2O[C@H](C)C[C@@H](N(C)C)[C@H]2O)[C@@H](C)C(O)[C@@H](C)C(=O)O1. The van der Waals surface area contributed by atoms with Gasteiger partial charge >= 0.3 is 5.97 Å². The van der Waals surface area contributed by atoms with E-state index in [9.17, 15) is 40.2 Å². The summed E-state index contributed by atoms with van der Waals surface area (Å²) in [7, 11) is 3.68. The van der Waals surface area contributed by atoms with Crippen molar-refractivity contribution in [3.63, 3.8) is 0 Å². The van der Waals surface area contributed by atoms with Crippen molar-refractivity contribution in [1.82, 2.24) is 15.1 Å². The number of fused-ring (bicyclic) bond motifs is 8. The molecule has 0 aromatic carbocycles. The summed E-state index contributed by atoms with van der Waals surface area (Å²) in [6.07, 6.45) is -6.78. The van der Waals surface area contributed by atoms with Crippen LogP contribution < -0.4 is 5.32 Å². The number of cyclic esters (lactones) is 1. The first-order valence-electron chi connectivity index (χ1n) is 26.1. The van der Waals surface area contributed by atoms with Gasteiger partial charge in [-0.25, -0.2) is 8.78 Å². The molecule has 0 bridgehead atoms. The second kappa shape index (κ2) is 19.0. The van der Waals surface area contributed by atoms with Crippen molar-refractivity contribution in [2.75, 3.05) is 33.7 Å². The van der Waals surface area contributed by atoms with E-state index in [1.165, 1.54) is 26.0 Å². The number of carbonyl (C=O) groups excluding carboxylic acids is 3. The predicted octanol–water partition coefficient (Wildman–Crippen LogP) is 3.68. The number of nitrogens with zero attached hydrogens (tertiary/aromatic N) is 2. The van der Waals surface area contributed by atoms with Gasteiger partial charge in [-0.3, -0.25) is 19.3 Å². The summed E-state index contributed by atoms with van der Waals surface area (Å²) >= 11 is 0. The summed E-state index contributed by atoms with van der Waals surface area (Å²) in [5, 5.41) is 74.5. The number of hydrogen-bond donors (Lipinski definition) is 7. The molecule has 5 aliphatic carbocycles. The first-order valence-corrected chi connectivity index (χ1v) is 26.1. The minimum absolute atomic E-state index is 0.000409. The molecule has 3 heterocycles. The van der Waals surface area contributed by atoms with Gasteiger partial charge in [0.2, 0.25) is 0 Å². The van der Waals surface area contributed by atoms with Gasteiger partial charge < -0.3 is 64.5 Å². The molecule has 7 N–H and O–H groups in total. The van der Waals surface area contributed by atoms with Gasteiger partial charge in [0.15, 0.2) is 34.9 Å². The Morgan fingerprint density at radius 2 is 1.68 bits per heavy atom. The van der Waals surface area contributed by atoms with E-state index in [-0.39, 0.29) is 81.6 Å². The van der Waals surface area contributed by atoms with Crippen molar-refractivity contribution in [3.05, 3.63) is 35.3 Å². The first kappa shape index (κ1) is 55.3. The predicted molar refractivity (Wildman–Crippen MR) is 257 cm³/mol. The second-order valence-electron chi connectivity index (χ2n) is 24.2. The van der Waals surface area contributed by atoms with E-state index in [0.717, 1.165) is 6.08 Å². The van der Waals surface area contributed by atoms with E-state index in [1.807, 2.05) is 37.7 Å². The van der Waals surface area contributed by atoms with Gasteiger partial charge in [0.1, 0.15) is 24.1 Å². The number of aliphatic hydroxyl groups excluding tert-OH is 5. The number of ketones is 1. The number of alkyl halides is 2. The van der Waals surface area contributed by atoms with Crippen molar-refractivity contribution >= 4 is 17.7 Å². The summed E-state index contributed by atoms with van der Waals surface area (Å²) in [6, 6.07) is -1.21. The van der Waals surface area contributed by atoms with Gasteiger partial charge in [-0.1, -0.05) is 33.8 Å². The number of nitrogens with one attached hydrogen (secondary N) is 1. The van der Waals surface area contributed by atoms with Gasteiger partial charge in [-0.2, -0.15) is 0 Å². The highest BCUT2D eigenvalue weighted by Crippen LogP contribution is 2.72. The zero-order valence-corrected chi connectivity index (χ0v) is 44.1.